The van der Waals surface area contributed by atoms with Gasteiger partial charge in [0, 0.05) is 19.2 Å². The molecule has 0 aliphatic rings. The molecular formula is C10H15N3O3. The summed E-state index contributed by atoms with van der Waals surface area (Å²) in [5.74, 6) is -1.28. The highest BCUT2D eigenvalue weighted by atomic mass is 16.4. The van der Waals surface area contributed by atoms with E-state index in [4.69, 9.17) is 5.11 Å². The summed E-state index contributed by atoms with van der Waals surface area (Å²) in [4.78, 5) is 21.6. The maximum absolute atomic E-state index is 11.4. The molecule has 0 atom stereocenters. The highest BCUT2D eigenvalue weighted by Gasteiger charge is 2.09. The van der Waals surface area contributed by atoms with E-state index in [0.29, 0.717) is 5.69 Å². The van der Waals surface area contributed by atoms with Crippen LogP contribution in [-0.2, 0) is 16.1 Å². The minimum atomic E-state index is -0.976. The van der Waals surface area contributed by atoms with Crippen molar-refractivity contribution in [1.82, 2.24) is 9.78 Å². The number of aromatic nitrogens is 2. The van der Waals surface area contributed by atoms with Gasteiger partial charge in [-0.2, -0.15) is 5.10 Å². The number of carboxylic acid groups (broad SMARTS) is 1. The number of carbonyl (C=O) groups is 2. The van der Waals surface area contributed by atoms with Gasteiger partial charge in [-0.25, -0.2) is 0 Å². The van der Waals surface area contributed by atoms with Gasteiger partial charge in [0.2, 0.25) is 5.91 Å². The number of rotatable bonds is 5. The molecule has 1 amide bonds. The van der Waals surface area contributed by atoms with Crippen LogP contribution >= 0.6 is 0 Å². The molecule has 0 spiro atoms. The van der Waals surface area contributed by atoms with Crippen LogP contribution in [0.25, 0.3) is 0 Å². The molecule has 0 radical (unpaired) electrons. The van der Waals surface area contributed by atoms with Gasteiger partial charge >= 0.3 is 5.97 Å². The van der Waals surface area contributed by atoms with E-state index in [1.54, 1.807) is 17.8 Å². The van der Waals surface area contributed by atoms with Gasteiger partial charge in [-0.15, -0.1) is 0 Å². The number of nitrogens with one attached hydrogen (secondary N) is 1. The minimum absolute atomic E-state index is 0.0217. The average molecular weight is 225 g/mol. The van der Waals surface area contributed by atoms with E-state index < -0.39 is 5.97 Å². The van der Waals surface area contributed by atoms with Crippen molar-refractivity contribution < 1.29 is 14.7 Å². The second-order valence-corrected chi connectivity index (χ2v) is 3.43. The highest BCUT2D eigenvalue weighted by molar-refractivity contribution is 5.92. The first-order valence-electron chi connectivity index (χ1n) is 5.08. The molecule has 1 aromatic heterocycles. The molecule has 0 aliphatic heterocycles. The Balaban J connectivity index is 2.55. The van der Waals surface area contributed by atoms with Gasteiger partial charge in [0.05, 0.1) is 17.8 Å². The van der Waals surface area contributed by atoms with Gasteiger partial charge in [0.15, 0.2) is 0 Å². The van der Waals surface area contributed by atoms with Crippen molar-refractivity contribution >= 4 is 17.6 Å². The molecule has 88 valence electrons. The quantitative estimate of drug-likeness (QED) is 0.783. The largest absolute Gasteiger partial charge is 0.481 e. The van der Waals surface area contributed by atoms with Crippen LogP contribution < -0.4 is 5.32 Å². The average Bonchev–Trinajstić information content (AvgIpc) is 2.57. The van der Waals surface area contributed by atoms with Crippen molar-refractivity contribution in [3.63, 3.8) is 0 Å². The van der Waals surface area contributed by atoms with Gasteiger partial charge in [-0.3, -0.25) is 14.3 Å². The minimum Gasteiger partial charge on any atom is -0.481 e. The predicted octanol–water partition coefficient (Wildman–Crippen LogP) is 1.01. The van der Waals surface area contributed by atoms with E-state index in [9.17, 15) is 9.59 Å². The Bertz CT molecular complexity index is 398. The molecule has 0 aliphatic carbocycles. The number of aliphatic carboxylic acids is 1. The van der Waals surface area contributed by atoms with E-state index in [1.807, 2.05) is 6.92 Å². The third-order valence-corrected chi connectivity index (χ3v) is 2.11. The second-order valence-electron chi connectivity index (χ2n) is 3.43. The third-order valence-electron chi connectivity index (χ3n) is 2.11. The first-order chi connectivity index (χ1) is 7.52. The van der Waals surface area contributed by atoms with Crippen LogP contribution in [0.15, 0.2) is 6.20 Å². The molecule has 2 N–H and O–H groups in total. The van der Waals surface area contributed by atoms with Crippen molar-refractivity contribution in [2.75, 3.05) is 5.32 Å². The normalized spacial score (nSPS) is 10.1. The maximum atomic E-state index is 11.4. The number of amides is 1. The fourth-order valence-electron chi connectivity index (χ4n) is 1.24. The zero-order valence-corrected chi connectivity index (χ0v) is 9.36. The first-order valence-corrected chi connectivity index (χ1v) is 5.08. The van der Waals surface area contributed by atoms with Crippen molar-refractivity contribution in [3.8, 4) is 0 Å². The summed E-state index contributed by atoms with van der Waals surface area (Å²) in [5.41, 5.74) is 1.36. The first kappa shape index (κ1) is 12.2. The van der Waals surface area contributed by atoms with Gasteiger partial charge in [0.25, 0.3) is 0 Å². The molecule has 0 aromatic carbocycles. The molecular weight excluding hydrogens is 210 g/mol. The van der Waals surface area contributed by atoms with E-state index in [2.05, 4.69) is 10.4 Å². The molecule has 6 nitrogen and oxygen atoms in total. The molecule has 1 rings (SSSR count). The lowest BCUT2D eigenvalue weighted by Crippen LogP contribution is -2.13. The van der Waals surface area contributed by atoms with E-state index in [1.165, 1.54) is 0 Å². The third kappa shape index (κ3) is 3.38. The molecule has 0 unspecified atom stereocenters. The van der Waals surface area contributed by atoms with Crippen LogP contribution in [0.3, 0.4) is 0 Å². The van der Waals surface area contributed by atoms with Crippen LogP contribution in [-0.4, -0.2) is 26.8 Å². The lowest BCUT2D eigenvalue weighted by atomic mass is 10.3. The number of hydrogen-bond acceptors (Lipinski definition) is 3. The van der Waals surface area contributed by atoms with E-state index in [0.717, 1.165) is 12.2 Å². The van der Waals surface area contributed by atoms with Crippen LogP contribution in [0.1, 0.15) is 25.5 Å². The summed E-state index contributed by atoms with van der Waals surface area (Å²) in [5, 5.41) is 15.2. The van der Waals surface area contributed by atoms with Crippen molar-refractivity contribution in [2.45, 2.75) is 33.2 Å². The van der Waals surface area contributed by atoms with Crippen molar-refractivity contribution in [2.24, 2.45) is 0 Å². The van der Waals surface area contributed by atoms with Gasteiger partial charge in [0.1, 0.15) is 0 Å². The van der Waals surface area contributed by atoms with Crippen molar-refractivity contribution in [1.29, 1.82) is 0 Å². The van der Waals surface area contributed by atoms with Gasteiger partial charge in [-0.05, 0) is 13.8 Å². The number of hydrogen-bond donors (Lipinski definition) is 2. The Morgan fingerprint density at radius 2 is 2.19 bits per heavy atom. The van der Waals surface area contributed by atoms with Crippen LogP contribution in [0, 0.1) is 6.92 Å². The monoisotopic (exact) mass is 225 g/mol. The lowest BCUT2D eigenvalue weighted by Gasteiger charge is -2.01. The summed E-state index contributed by atoms with van der Waals surface area (Å²) < 4.78 is 1.71. The summed E-state index contributed by atoms with van der Waals surface area (Å²) in [6.45, 7) is 4.47. The van der Waals surface area contributed by atoms with Crippen molar-refractivity contribution in [3.05, 3.63) is 11.9 Å². The Kier molecular flexibility index (Phi) is 4.04. The second kappa shape index (κ2) is 5.29. The fourth-order valence-corrected chi connectivity index (χ4v) is 1.24. The number of nitrogens with zero attached hydrogens (tertiary/aromatic N) is 2. The Morgan fingerprint density at radius 3 is 2.69 bits per heavy atom. The Hall–Kier alpha value is -1.85. The number of aryl methyl sites for hydroxylation is 2. The number of anilines is 1. The number of carboxylic acids is 1. The van der Waals surface area contributed by atoms with Crippen LogP contribution in [0.5, 0.6) is 0 Å². The smallest absolute Gasteiger partial charge is 0.303 e. The molecule has 0 saturated heterocycles. The van der Waals surface area contributed by atoms with Gasteiger partial charge in [-0.1, -0.05) is 0 Å². The maximum Gasteiger partial charge on any atom is 0.303 e. The zero-order chi connectivity index (χ0) is 12.1. The molecule has 6 heteroatoms. The van der Waals surface area contributed by atoms with E-state index >= 15 is 0 Å². The number of carbonyl (C=O) groups excluding carboxylic acids is 1. The summed E-state index contributed by atoms with van der Waals surface area (Å²) in [6.07, 6.45) is 1.55. The Labute approximate surface area is 93.3 Å². The predicted molar refractivity (Wildman–Crippen MR) is 58.1 cm³/mol. The van der Waals surface area contributed by atoms with Gasteiger partial charge < -0.3 is 10.4 Å². The molecule has 1 aromatic rings. The van der Waals surface area contributed by atoms with E-state index in [-0.39, 0.29) is 18.7 Å². The molecule has 16 heavy (non-hydrogen) atoms. The zero-order valence-electron chi connectivity index (χ0n) is 9.36. The highest BCUT2D eigenvalue weighted by Crippen LogP contribution is 2.12. The Morgan fingerprint density at radius 1 is 1.50 bits per heavy atom. The SMILES string of the molecule is CCn1cc(NC(=O)CCC(=O)O)c(C)n1. The fraction of sp³-hybridized carbons (Fsp3) is 0.500. The van der Waals surface area contributed by atoms with Crippen LogP contribution in [0.4, 0.5) is 5.69 Å². The summed E-state index contributed by atoms with van der Waals surface area (Å²) >= 11 is 0. The molecule has 0 bridgehead atoms. The molecule has 0 saturated carbocycles. The summed E-state index contributed by atoms with van der Waals surface area (Å²) in [6, 6.07) is 0. The van der Waals surface area contributed by atoms with Crippen LogP contribution in [0.2, 0.25) is 0 Å². The molecule has 1 heterocycles. The topological polar surface area (TPSA) is 84.2 Å². The molecule has 0 fully saturated rings. The standard InChI is InChI=1S/C10H15N3O3/c1-3-13-6-8(7(2)12-13)11-9(14)4-5-10(15)16/h6H,3-5H2,1-2H3,(H,11,14)(H,15,16). The summed E-state index contributed by atoms with van der Waals surface area (Å²) in [7, 11) is 0. The lowest BCUT2D eigenvalue weighted by molar-refractivity contribution is -0.138.